The van der Waals surface area contributed by atoms with Crippen molar-refractivity contribution in [2.45, 2.75) is 20.3 Å². The van der Waals surface area contributed by atoms with Gasteiger partial charge in [0.15, 0.2) is 5.82 Å². The first-order chi connectivity index (χ1) is 6.75. The Hall–Kier alpha value is -1.71. The van der Waals surface area contributed by atoms with E-state index < -0.39 is 0 Å². The van der Waals surface area contributed by atoms with Crippen molar-refractivity contribution in [3.8, 4) is 0 Å². The van der Waals surface area contributed by atoms with Crippen LogP contribution in [0.15, 0.2) is 18.2 Å². The molecule has 0 unspecified atom stereocenters. The van der Waals surface area contributed by atoms with Gasteiger partial charge in [-0.2, -0.15) is 5.21 Å². The highest BCUT2D eigenvalue weighted by molar-refractivity contribution is 5.31. The van der Waals surface area contributed by atoms with Gasteiger partial charge in [-0.05, 0) is 25.0 Å². The number of H-pyrrole nitrogens is 1. The Morgan fingerprint density at radius 3 is 2.79 bits per heavy atom. The minimum absolute atomic E-state index is 0.733. The molecule has 14 heavy (non-hydrogen) atoms. The van der Waals surface area contributed by atoms with Crippen molar-refractivity contribution in [3.63, 3.8) is 0 Å². The minimum Gasteiger partial charge on any atom is -0.177 e. The van der Waals surface area contributed by atoms with Gasteiger partial charge in [-0.3, -0.25) is 0 Å². The molecule has 0 bridgehead atoms. The van der Waals surface area contributed by atoms with E-state index in [1.807, 2.05) is 0 Å². The maximum absolute atomic E-state index is 3.93. The van der Waals surface area contributed by atoms with Crippen molar-refractivity contribution >= 4 is 0 Å². The van der Waals surface area contributed by atoms with E-state index in [-0.39, 0.29) is 0 Å². The van der Waals surface area contributed by atoms with Gasteiger partial charge in [-0.25, -0.2) is 0 Å². The Bertz CT molecular complexity index is 420. The van der Waals surface area contributed by atoms with Gasteiger partial charge in [0.2, 0.25) is 0 Å². The van der Waals surface area contributed by atoms with Gasteiger partial charge in [-0.1, -0.05) is 29.0 Å². The average molecular weight is 188 g/mol. The zero-order chi connectivity index (χ0) is 9.97. The van der Waals surface area contributed by atoms with Gasteiger partial charge in [0.25, 0.3) is 0 Å². The molecule has 1 aromatic carbocycles. The van der Waals surface area contributed by atoms with Gasteiger partial charge < -0.3 is 0 Å². The second-order valence-corrected chi connectivity index (χ2v) is 3.43. The minimum atomic E-state index is 0.733. The highest BCUT2D eigenvalue weighted by atomic mass is 15.5. The molecular weight excluding hydrogens is 176 g/mol. The van der Waals surface area contributed by atoms with E-state index in [0.29, 0.717) is 0 Å². The van der Waals surface area contributed by atoms with E-state index in [0.717, 1.165) is 12.2 Å². The molecule has 0 amide bonds. The van der Waals surface area contributed by atoms with Crippen LogP contribution >= 0.6 is 0 Å². The molecule has 1 heterocycles. The lowest BCUT2D eigenvalue weighted by Crippen LogP contribution is -1.94. The van der Waals surface area contributed by atoms with Crippen LogP contribution in [0.5, 0.6) is 0 Å². The fourth-order valence-corrected chi connectivity index (χ4v) is 1.47. The molecule has 0 aliphatic heterocycles. The number of hydrogen-bond donors (Lipinski definition) is 1. The van der Waals surface area contributed by atoms with E-state index >= 15 is 0 Å². The first-order valence-corrected chi connectivity index (χ1v) is 4.54. The lowest BCUT2D eigenvalue weighted by atomic mass is 10.0. The van der Waals surface area contributed by atoms with Gasteiger partial charge in [0.05, 0.1) is 0 Å². The van der Waals surface area contributed by atoms with Crippen LogP contribution in [0.25, 0.3) is 0 Å². The van der Waals surface area contributed by atoms with Gasteiger partial charge in [0, 0.05) is 6.42 Å². The summed E-state index contributed by atoms with van der Waals surface area (Å²) in [4.78, 5) is 0. The first kappa shape index (κ1) is 8.87. The lowest BCUT2D eigenvalue weighted by Gasteiger charge is -2.03. The van der Waals surface area contributed by atoms with Crippen molar-refractivity contribution < 1.29 is 0 Å². The quantitative estimate of drug-likeness (QED) is 0.775. The number of benzene rings is 1. The topological polar surface area (TPSA) is 54.5 Å². The zero-order valence-electron chi connectivity index (χ0n) is 8.28. The summed E-state index contributed by atoms with van der Waals surface area (Å²) < 4.78 is 0. The number of aromatic amines is 1. The molecule has 0 fully saturated rings. The largest absolute Gasteiger partial charge is 0.178 e. The van der Waals surface area contributed by atoms with Crippen LogP contribution in [0.1, 0.15) is 22.5 Å². The normalized spacial score (nSPS) is 10.4. The third-order valence-corrected chi connectivity index (χ3v) is 2.24. The predicted molar refractivity (Wildman–Crippen MR) is 52.9 cm³/mol. The highest BCUT2D eigenvalue weighted by Gasteiger charge is 2.03. The molecule has 0 saturated heterocycles. The molecule has 0 spiro atoms. The first-order valence-electron chi connectivity index (χ1n) is 4.54. The molecule has 0 saturated carbocycles. The number of aryl methyl sites for hydroxylation is 2. The Labute approximate surface area is 82.4 Å². The molecule has 4 nitrogen and oxygen atoms in total. The smallest absolute Gasteiger partial charge is 0.177 e. The van der Waals surface area contributed by atoms with Crippen molar-refractivity contribution in [1.82, 2.24) is 20.6 Å². The summed E-state index contributed by atoms with van der Waals surface area (Å²) in [5.41, 5.74) is 3.80. The molecule has 72 valence electrons. The summed E-state index contributed by atoms with van der Waals surface area (Å²) in [5, 5.41) is 13.8. The third kappa shape index (κ3) is 1.79. The molecule has 0 radical (unpaired) electrons. The Balaban J connectivity index is 2.25. The Morgan fingerprint density at radius 2 is 2.14 bits per heavy atom. The summed E-state index contributed by atoms with van der Waals surface area (Å²) in [6, 6.07) is 6.37. The van der Waals surface area contributed by atoms with Crippen LogP contribution in [0, 0.1) is 13.8 Å². The molecule has 1 N–H and O–H groups in total. The third-order valence-electron chi connectivity index (χ3n) is 2.24. The summed E-state index contributed by atoms with van der Waals surface area (Å²) in [7, 11) is 0. The van der Waals surface area contributed by atoms with Crippen molar-refractivity contribution in [2.24, 2.45) is 0 Å². The maximum atomic E-state index is 3.93. The summed E-state index contributed by atoms with van der Waals surface area (Å²) in [5.74, 6) is 0.733. The Kier molecular flexibility index (Phi) is 2.26. The fraction of sp³-hybridized carbons (Fsp3) is 0.300. The SMILES string of the molecule is Cc1ccc(Cc2nn[nH]n2)c(C)c1. The number of aromatic nitrogens is 4. The number of nitrogens with one attached hydrogen (secondary N) is 1. The van der Waals surface area contributed by atoms with Crippen LogP contribution in [0.3, 0.4) is 0 Å². The van der Waals surface area contributed by atoms with Gasteiger partial charge in [-0.15, -0.1) is 10.2 Å². The standard InChI is InChI=1S/C10H12N4/c1-7-3-4-9(8(2)5-7)6-10-11-13-14-12-10/h3-5H,6H2,1-2H3,(H,11,12,13,14). The second kappa shape index (κ2) is 3.57. The molecule has 0 aliphatic carbocycles. The molecule has 4 heteroatoms. The van der Waals surface area contributed by atoms with E-state index in [1.54, 1.807) is 0 Å². The molecule has 2 rings (SSSR count). The number of tetrazole rings is 1. The highest BCUT2D eigenvalue weighted by Crippen LogP contribution is 2.12. The summed E-state index contributed by atoms with van der Waals surface area (Å²) >= 11 is 0. The van der Waals surface area contributed by atoms with E-state index in [1.165, 1.54) is 16.7 Å². The number of rotatable bonds is 2. The van der Waals surface area contributed by atoms with Crippen LogP contribution < -0.4 is 0 Å². The maximum Gasteiger partial charge on any atom is 0.178 e. The van der Waals surface area contributed by atoms with Crippen LogP contribution in [0.4, 0.5) is 0 Å². The van der Waals surface area contributed by atoms with E-state index in [9.17, 15) is 0 Å². The van der Waals surface area contributed by atoms with Crippen molar-refractivity contribution in [2.75, 3.05) is 0 Å². The number of nitrogens with zero attached hydrogens (tertiary/aromatic N) is 3. The average Bonchev–Trinajstić information content (AvgIpc) is 2.62. The second-order valence-electron chi connectivity index (χ2n) is 3.43. The predicted octanol–water partition coefficient (Wildman–Crippen LogP) is 1.41. The fourth-order valence-electron chi connectivity index (χ4n) is 1.47. The zero-order valence-corrected chi connectivity index (χ0v) is 8.28. The summed E-state index contributed by atoms with van der Waals surface area (Å²) in [6.07, 6.45) is 0.739. The Morgan fingerprint density at radius 1 is 1.29 bits per heavy atom. The van der Waals surface area contributed by atoms with Crippen LogP contribution in [0.2, 0.25) is 0 Å². The van der Waals surface area contributed by atoms with E-state index in [2.05, 4.69) is 52.7 Å². The monoisotopic (exact) mass is 188 g/mol. The van der Waals surface area contributed by atoms with Crippen LogP contribution in [-0.4, -0.2) is 20.6 Å². The van der Waals surface area contributed by atoms with Crippen LogP contribution in [-0.2, 0) is 6.42 Å². The molecule has 0 aliphatic rings. The molecule has 1 aromatic heterocycles. The van der Waals surface area contributed by atoms with Gasteiger partial charge >= 0.3 is 0 Å². The lowest BCUT2D eigenvalue weighted by molar-refractivity contribution is 0.881. The molecular formula is C10H12N4. The molecule has 2 aromatic rings. The summed E-state index contributed by atoms with van der Waals surface area (Å²) in [6.45, 7) is 4.19. The van der Waals surface area contributed by atoms with E-state index in [4.69, 9.17) is 0 Å². The molecule has 0 atom stereocenters. The van der Waals surface area contributed by atoms with Crippen molar-refractivity contribution in [3.05, 3.63) is 40.7 Å². The number of hydrogen-bond acceptors (Lipinski definition) is 3. The van der Waals surface area contributed by atoms with Gasteiger partial charge in [0.1, 0.15) is 0 Å². The van der Waals surface area contributed by atoms with Crippen molar-refractivity contribution in [1.29, 1.82) is 0 Å².